The topological polar surface area (TPSA) is 61.8 Å². The molecule has 2 N–H and O–H groups in total. The first-order chi connectivity index (χ1) is 15.7. The fourth-order valence-corrected chi connectivity index (χ4v) is 6.60. The van der Waals surface area contributed by atoms with Crippen LogP contribution in [0.1, 0.15) is 57.2 Å². The Morgan fingerprint density at radius 1 is 1.12 bits per heavy atom. The monoisotopic (exact) mass is 450 g/mol. The van der Waals surface area contributed by atoms with E-state index in [0.717, 1.165) is 44.6 Å². The summed E-state index contributed by atoms with van der Waals surface area (Å²) in [6.07, 6.45) is 2.78. The van der Waals surface area contributed by atoms with Gasteiger partial charge in [-0.2, -0.15) is 0 Å². The van der Waals surface area contributed by atoms with E-state index in [2.05, 4.69) is 73.5 Å². The molecule has 4 rings (SSSR count). The number of carboxylic acid groups (broad SMARTS) is 1. The highest BCUT2D eigenvalue weighted by atomic mass is 16.5. The van der Waals surface area contributed by atoms with Gasteiger partial charge in [-0.05, 0) is 54.5 Å². The van der Waals surface area contributed by atoms with Crippen LogP contribution in [0.5, 0.6) is 5.75 Å². The Labute approximate surface area is 198 Å². The summed E-state index contributed by atoms with van der Waals surface area (Å²) in [5, 5.41) is 14.1. The van der Waals surface area contributed by atoms with Gasteiger partial charge in [0.15, 0.2) is 0 Å². The molecule has 2 heterocycles. The number of hydrogen-bond donors (Lipinski definition) is 2. The van der Waals surface area contributed by atoms with Crippen LogP contribution in [0.25, 0.3) is 0 Å². The highest BCUT2D eigenvalue weighted by Gasteiger charge is 2.64. The van der Waals surface area contributed by atoms with Crippen molar-refractivity contribution >= 4 is 5.97 Å². The van der Waals surface area contributed by atoms with Crippen LogP contribution in [0.2, 0.25) is 0 Å². The molecule has 2 fully saturated rings. The molecule has 2 aliphatic rings. The van der Waals surface area contributed by atoms with E-state index in [4.69, 9.17) is 4.74 Å². The lowest BCUT2D eigenvalue weighted by molar-refractivity contribution is -0.187. The van der Waals surface area contributed by atoms with Crippen LogP contribution in [-0.2, 0) is 11.3 Å². The number of rotatable bonds is 5. The maximum absolute atomic E-state index is 13.0. The average Bonchev–Trinajstić information content (AvgIpc) is 2.79. The van der Waals surface area contributed by atoms with Crippen LogP contribution in [0, 0.1) is 16.2 Å². The van der Waals surface area contributed by atoms with Crippen molar-refractivity contribution in [2.24, 2.45) is 16.2 Å². The third-order valence-electron chi connectivity index (χ3n) is 8.29. The number of methoxy groups -OCH3 is 1. The van der Waals surface area contributed by atoms with Gasteiger partial charge < -0.3 is 15.2 Å². The average molecular weight is 451 g/mol. The molecule has 178 valence electrons. The molecule has 0 aliphatic carbocycles. The third kappa shape index (κ3) is 4.17. The van der Waals surface area contributed by atoms with E-state index in [1.807, 2.05) is 12.1 Å². The Bertz CT molecular complexity index is 953. The highest BCUT2D eigenvalue weighted by Crippen LogP contribution is 2.60. The number of nitrogens with zero attached hydrogens (tertiary/aromatic N) is 1. The van der Waals surface area contributed by atoms with E-state index in [1.165, 1.54) is 11.1 Å². The second kappa shape index (κ2) is 9.11. The number of aliphatic carboxylic acids is 1. The Hall–Kier alpha value is -2.37. The van der Waals surface area contributed by atoms with Crippen molar-refractivity contribution in [2.45, 2.75) is 52.6 Å². The predicted molar refractivity (Wildman–Crippen MR) is 131 cm³/mol. The number of carboxylic acids is 1. The summed E-state index contributed by atoms with van der Waals surface area (Å²) >= 11 is 0. The molecule has 2 saturated heterocycles. The molecule has 0 amide bonds. The van der Waals surface area contributed by atoms with E-state index in [1.54, 1.807) is 7.11 Å². The molecule has 3 unspecified atom stereocenters. The first kappa shape index (κ1) is 23.8. The zero-order valence-corrected chi connectivity index (χ0v) is 20.4. The van der Waals surface area contributed by atoms with Gasteiger partial charge in [0.05, 0.1) is 12.5 Å². The lowest BCUT2D eigenvalue weighted by Gasteiger charge is -2.61. The normalized spacial score (nSPS) is 28.5. The molecule has 0 bridgehead atoms. The Morgan fingerprint density at radius 2 is 1.82 bits per heavy atom. The summed E-state index contributed by atoms with van der Waals surface area (Å²) in [6, 6.07) is 19.2. The molecule has 5 nitrogen and oxygen atoms in total. The zero-order chi connectivity index (χ0) is 23.7. The second-order valence-electron chi connectivity index (χ2n) is 10.9. The standard InChI is InChI=1S/C28H38N2O3/c1-26(2,3)28(25(31)32)19-29-17-16-27(28)15-14-24(22-8-6-5-7-9-22)30(20-27)18-21-10-12-23(33-4)13-11-21/h5-13,24,29H,14-20H2,1-4H3,(H,31,32). The quantitative estimate of drug-likeness (QED) is 0.661. The Kier molecular flexibility index (Phi) is 6.56. The van der Waals surface area contributed by atoms with Crippen LogP contribution in [0.3, 0.4) is 0 Å². The van der Waals surface area contributed by atoms with Crippen LogP contribution in [-0.4, -0.2) is 42.7 Å². The molecule has 0 aromatic heterocycles. The SMILES string of the molecule is COc1ccc(CN2CC3(CCNCC3(C(=O)O)C(C)(C)C)CCC2c2ccccc2)cc1. The van der Waals surface area contributed by atoms with E-state index >= 15 is 0 Å². The summed E-state index contributed by atoms with van der Waals surface area (Å²) in [5.41, 5.74) is 1.07. The van der Waals surface area contributed by atoms with Crippen molar-refractivity contribution in [2.75, 3.05) is 26.7 Å². The first-order valence-corrected chi connectivity index (χ1v) is 12.1. The Morgan fingerprint density at radius 3 is 2.42 bits per heavy atom. The molecule has 2 aromatic carbocycles. The molecule has 1 spiro atoms. The number of piperidine rings is 2. The minimum atomic E-state index is -0.821. The maximum Gasteiger partial charge on any atom is 0.312 e. The van der Waals surface area contributed by atoms with Gasteiger partial charge in [-0.1, -0.05) is 63.2 Å². The molecule has 2 aromatic rings. The van der Waals surface area contributed by atoms with Gasteiger partial charge in [-0.15, -0.1) is 0 Å². The number of hydrogen-bond acceptors (Lipinski definition) is 4. The lowest BCUT2D eigenvalue weighted by Crippen LogP contribution is -2.68. The summed E-state index contributed by atoms with van der Waals surface area (Å²) in [6.45, 7) is 9.28. The first-order valence-electron chi connectivity index (χ1n) is 12.1. The Balaban J connectivity index is 1.74. The molecule has 2 aliphatic heterocycles. The summed E-state index contributed by atoms with van der Waals surface area (Å²) in [7, 11) is 1.68. The van der Waals surface area contributed by atoms with Crippen LogP contribution in [0.15, 0.2) is 54.6 Å². The van der Waals surface area contributed by atoms with E-state index in [-0.39, 0.29) is 16.9 Å². The minimum Gasteiger partial charge on any atom is -0.497 e. The fraction of sp³-hybridized carbons (Fsp3) is 0.536. The van der Waals surface area contributed by atoms with Gasteiger partial charge in [0.1, 0.15) is 5.75 Å². The molecule has 0 saturated carbocycles. The molecular formula is C28H38N2O3. The summed E-state index contributed by atoms with van der Waals surface area (Å²) in [4.78, 5) is 15.5. The molecule has 33 heavy (non-hydrogen) atoms. The van der Waals surface area contributed by atoms with Crippen LogP contribution < -0.4 is 10.1 Å². The smallest absolute Gasteiger partial charge is 0.312 e. The van der Waals surface area contributed by atoms with E-state index < -0.39 is 11.4 Å². The van der Waals surface area contributed by atoms with Gasteiger partial charge in [0.2, 0.25) is 0 Å². The summed E-state index contributed by atoms with van der Waals surface area (Å²) < 4.78 is 5.34. The number of benzene rings is 2. The van der Waals surface area contributed by atoms with Gasteiger partial charge in [0, 0.05) is 31.1 Å². The van der Waals surface area contributed by atoms with Gasteiger partial charge >= 0.3 is 5.97 Å². The minimum absolute atomic E-state index is 0.278. The van der Waals surface area contributed by atoms with Crippen molar-refractivity contribution in [1.29, 1.82) is 0 Å². The molecule has 0 radical (unpaired) electrons. The molecular weight excluding hydrogens is 412 g/mol. The van der Waals surface area contributed by atoms with Crippen LogP contribution >= 0.6 is 0 Å². The summed E-state index contributed by atoms with van der Waals surface area (Å²) in [5.74, 6) is 0.189. The van der Waals surface area contributed by atoms with Gasteiger partial charge in [-0.3, -0.25) is 9.69 Å². The largest absolute Gasteiger partial charge is 0.497 e. The van der Waals surface area contributed by atoms with E-state index in [0.29, 0.717) is 6.54 Å². The van der Waals surface area contributed by atoms with Crippen molar-refractivity contribution in [3.63, 3.8) is 0 Å². The van der Waals surface area contributed by atoms with Crippen LogP contribution in [0.4, 0.5) is 0 Å². The second-order valence-corrected chi connectivity index (χ2v) is 10.9. The van der Waals surface area contributed by atoms with Gasteiger partial charge in [-0.25, -0.2) is 0 Å². The predicted octanol–water partition coefficient (Wildman–Crippen LogP) is 5.13. The van der Waals surface area contributed by atoms with Crippen molar-refractivity contribution in [3.05, 3.63) is 65.7 Å². The zero-order valence-electron chi connectivity index (χ0n) is 20.4. The molecule has 3 atom stereocenters. The number of ether oxygens (including phenoxy) is 1. The van der Waals surface area contributed by atoms with Gasteiger partial charge in [0.25, 0.3) is 0 Å². The fourth-order valence-electron chi connectivity index (χ4n) is 6.60. The molecule has 5 heteroatoms. The third-order valence-corrected chi connectivity index (χ3v) is 8.29. The highest BCUT2D eigenvalue weighted by molar-refractivity contribution is 5.78. The number of carbonyl (C=O) groups is 1. The number of likely N-dealkylation sites (tertiary alicyclic amines) is 1. The van der Waals surface area contributed by atoms with Crippen molar-refractivity contribution < 1.29 is 14.6 Å². The lowest BCUT2D eigenvalue weighted by atomic mass is 9.47. The van der Waals surface area contributed by atoms with Crippen molar-refractivity contribution in [3.8, 4) is 5.75 Å². The van der Waals surface area contributed by atoms with Crippen molar-refractivity contribution in [1.82, 2.24) is 10.2 Å². The van der Waals surface area contributed by atoms with E-state index in [9.17, 15) is 9.90 Å². The number of nitrogens with one attached hydrogen (secondary N) is 1. The maximum atomic E-state index is 13.0.